The summed E-state index contributed by atoms with van der Waals surface area (Å²) in [6.07, 6.45) is 2.80. The molecule has 1 aliphatic heterocycles. The Balaban J connectivity index is 1.66. The summed E-state index contributed by atoms with van der Waals surface area (Å²) in [5, 5.41) is 11.7. The highest BCUT2D eigenvalue weighted by atomic mass is 16.4. The Bertz CT molecular complexity index is 461. The van der Waals surface area contributed by atoms with E-state index in [0.29, 0.717) is 13.1 Å². The maximum absolute atomic E-state index is 11.2. The van der Waals surface area contributed by atoms with Crippen LogP contribution in [0.5, 0.6) is 0 Å². The molecule has 1 aliphatic rings. The predicted molar refractivity (Wildman–Crippen MR) is 75.5 cm³/mol. The molecular formula is C15H20N2O3. The number of unbranched alkanes of at least 4 members (excludes halogenated alkanes) is 2. The molecule has 0 saturated carbocycles. The lowest BCUT2D eigenvalue weighted by Crippen LogP contribution is -2.63. The van der Waals surface area contributed by atoms with Gasteiger partial charge in [-0.2, -0.15) is 0 Å². The molecule has 0 radical (unpaired) electrons. The van der Waals surface area contributed by atoms with Crippen LogP contribution >= 0.6 is 0 Å². The zero-order chi connectivity index (χ0) is 14.4. The smallest absolute Gasteiger partial charge is 0.408 e. The molecule has 5 heteroatoms. The van der Waals surface area contributed by atoms with Gasteiger partial charge in [-0.05, 0) is 24.8 Å². The number of nitrogens with one attached hydrogen (secondary N) is 1. The van der Waals surface area contributed by atoms with Gasteiger partial charge in [-0.25, -0.2) is 4.79 Å². The van der Waals surface area contributed by atoms with E-state index in [0.717, 1.165) is 25.7 Å². The van der Waals surface area contributed by atoms with Gasteiger partial charge in [0, 0.05) is 13.1 Å². The van der Waals surface area contributed by atoms with Gasteiger partial charge in [0.25, 0.3) is 0 Å². The maximum Gasteiger partial charge on any atom is 0.408 e. The summed E-state index contributed by atoms with van der Waals surface area (Å²) in [6.45, 7) is 0.872. The van der Waals surface area contributed by atoms with Crippen molar-refractivity contribution in [2.45, 2.75) is 31.7 Å². The molecule has 2 N–H and O–H groups in total. The van der Waals surface area contributed by atoms with E-state index in [2.05, 4.69) is 17.4 Å². The number of carboxylic acid groups (broad SMARTS) is 1. The van der Waals surface area contributed by atoms with E-state index in [4.69, 9.17) is 5.11 Å². The van der Waals surface area contributed by atoms with Crippen LogP contribution in [-0.4, -0.2) is 41.1 Å². The Morgan fingerprint density at radius 3 is 2.55 bits per heavy atom. The Labute approximate surface area is 118 Å². The van der Waals surface area contributed by atoms with Crippen molar-refractivity contribution >= 4 is 12.0 Å². The zero-order valence-corrected chi connectivity index (χ0v) is 11.4. The molecule has 0 aliphatic carbocycles. The highest BCUT2D eigenvalue weighted by Gasteiger charge is 2.35. The summed E-state index contributed by atoms with van der Waals surface area (Å²) >= 11 is 0. The van der Waals surface area contributed by atoms with E-state index >= 15 is 0 Å². The summed E-state index contributed by atoms with van der Waals surface area (Å²) in [5.41, 5.74) is 1.31. The number of amides is 2. The average molecular weight is 276 g/mol. The number of rotatable bonds is 7. The number of nitrogens with zero attached hydrogens (tertiary/aromatic N) is 1. The van der Waals surface area contributed by atoms with Gasteiger partial charge in [-0.1, -0.05) is 36.8 Å². The van der Waals surface area contributed by atoms with Crippen LogP contribution in [0.25, 0.3) is 0 Å². The number of benzene rings is 1. The fraction of sp³-hybridized carbons (Fsp3) is 0.467. The van der Waals surface area contributed by atoms with E-state index in [1.807, 2.05) is 18.2 Å². The third-order valence-electron chi connectivity index (χ3n) is 3.60. The van der Waals surface area contributed by atoms with E-state index in [1.54, 1.807) is 0 Å². The van der Waals surface area contributed by atoms with Gasteiger partial charge >= 0.3 is 6.09 Å². The van der Waals surface area contributed by atoms with Crippen LogP contribution in [0.1, 0.15) is 24.8 Å². The van der Waals surface area contributed by atoms with E-state index in [-0.39, 0.29) is 5.91 Å². The van der Waals surface area contributed by atoms with E-state index < -0.39 is 12.1 Å². The fourth-order valence-corrected chi connectivity index (χ4v) is 2.35. The molecule has 1 aromatic rings. The lowest BCUT2D eigenvalue weighted by atomic mass is 10.1. The molecule has 1 heterocycles. The molecular weight excluding hydrogens is 256 g/mol. The van der Waals surface area contributed by atoms with Crippen LogP contribution in [0.15, 0.2) is 30.3 Å². The highest BCUT2D eigenvalue weighted by Crippen LogP contribution is 2.11. The Morgan fingerprint density at radius 2 is 2.00 bits per heavy atom. The number of aryl methyl sites for hydroxylation is 1. The van der Waals surface area contributed by atoms with Crippen molar-refractivity contribution in [1.29, 1.82) is 0 Å². The Hall–Kier alpha value is -2.04. The van der Waals surface area contributed by atoms with Gasteiger partial charge in [0.05, 0.1) is 0 Å². The van der Waals surface area contributed by atoms with Crippen molar-refractivity contribution < 1.29 is 14.7 Å². The van der Waals surface area contributed by atoms with Crippen molar-refractivity contribution in [3.05, 3.63) is 35.9 Å². The zero-order valence-electron chi connectivity index (χ0n) is 11.4. The summed E-state index contributed by atoms with van der Waals surface area (Å²) in [6, 6.07) is 9.76. The number of β-lactam (4-membered cyclic amide) rings is 1. The van der Waals surface area contributed by atoms with Crippen molar-refractivity contribution in [3.8, 4) is 0 Å². The largest absolute Gasteiger partial charge is 0.465 e. The van der Waals surface area contributed by atoms with Crippen LogP contribution in [0.2, 0.25) is 0 Å². The van der Waals surface area contributed by atoms with Crippen molar-refractivity contribution in [1.82, 2.24) is 10.2 Å². The van der Waals surface area contributed by atoms with Crippen LogP contribution < -0.4 is 5.32 Å². The molecule has 0 aromatic heterocycles. The molecule has 1 saturated heterocycles. The summed E-state index contributed by atoms with van der Waals surface area (Å²) in [7, 11) is 0. The molecule has 0 bridgehead atoms. The van der Waals surface area contributed by atoms with Crippen molar-refractivity contribution in [2.75, 3.05) is 13.1 Å². The second-order valence-electron chi connectivity index (χ2n) is 5.03. The molecule has 2 amide bonds. The average Bonchev–Trinajstić information content (AvgIpc) is 2.44. The summed E-state index contributed by atoms with van der Waals surface area (Å²) < 4.78 is 0. The monoisotopic (exact) mass is 276 g/mol. The van der Waals surface area contributed by atoms with Crippen molar-refractivity contribution in [3.63, 3.8) is 0 Å². The lowest BCUT2D eigenvalue weighted by Gasteiger charge is -2.34. The Morgan fingerprint density at radius 1 is 1.25 bits per heavy atom. The molecule has 20 heavy (non-hydrogen) atoms. The molecule has 2 rings (SSSR count). The third kappa shape index (κ3) is 3.73. The SMILES string of the molecule is O=C1NCC1N(CCCCCc1ccccc1)C(=O)O. The minimum absolute atomic E-state index is 0.184. The summed E-state index contributed by atoms with van der Waals surface area (Å²) in [5.74, 6) is -0.184. The van der Waals surface area contributed by atoms with Crippen LogP contribution in [0, 0.1) is 0 Å². The highest BCUT2D eigenvalue weighted by molar-refractivity contribution is 5.90. The first kappa shape index (κ1) is 14.4. The maximum atomic E-state index is 11.2. The fourth-order valence-electron chi connectivity index (χ4n) is 2.35. The van der Waals surface area contributed by atoms with E-state index in [1.165, 1.54) is 10.5 Å². The molecule has 0 spiro atoms. The molecule has 1 fully saturated rings. The molecule has 108 valence electrons. The minimum atomic E-state index is -1.01. The van der Waals surface area contributed by atoms with E-state index in [9.17, 15) is 9.59 Å². The van der Waals surface area contributed by atoms with Gasteiger partial charge in [0.2, 0.25) is 5.91 Å². The molecule has 1 atom stereocenters. The number of carbonyl (C=O) groups is 2. The topological polar surface area (TPSA) is 69.6 Å². The number of hydrogen-bond donors (Lipinski definition) is 2. The standard InChI is InChI=1S/C15H20N2O3/c18-14-13(11-16-14)17(15(19)20)10-6-2-5-9-12-7-3-1-4-8-12/h1,3-4,7-8,13H,2,5-6,9-11H2,(H,16,18)(H,19,20). The first-order valence-corrected chi connectivity index (χ1v) is 6.99. The van der Waals surface area contributed by atoms with Crippen LogP contribution in [-0.2, 0) is 11.2 Å². The van der Waals surface area contributed by atoms with Gasteiger partial charge in [0.1, 0.15) is 6.04 Å². The first-order valence-electron chi connectivity index (χ1n) is 6.99. The molecule has 1 unspecified atom stereocenters. The molecule has 1 aromatic carbocycles. The normalized spacial score (nSPS) is 17.2. The number of carbonyl (C=O) groups excluding carboxylic acids is 1. The predicted octanol–water partition coefficient (Wildman–Crippen LogP) is 1.88. The number of hydrogen-bond acceptors (Lipinski definition) is 2. The van der Waals surface area contributed by atoms with Gasteiger partial charge < -0.3 is 10.4 Å². The molecule has 5 nitrogen and oxygen atoms in total. The van der Waals surface area contributed by atoms with Crippen LogP contribution in [0.4, 0.5) is 4.79 Å². The summed E-state index contributed by atoms with van der Waals surface area (Å²) in [4.78, 5) is 23.6. The second-order valence-corrected chi connectivity index (χ2v) is 5.03. The van der Waals surface area contributed by atoms with Gasteiger partial charge in [-0.15, -0.1) is 0 Å². The lowest BCUT2D eigenvalue weighted by molar-refractivity contribution is -0.132. The van der Waals surface area contributed by atoms with Gasteiger partial charge in [0.15, 0.2) is 0 Å². The minimum Gasteiger partial charge on any atom is -0.465 e. The van der Waals surface area contributed by atoms with Crippen molar-refractivity contribution in [2.24, 2.45) is 0 Å². The second kappa shape index (κ2) is 6.93. The van der Waals surface area contributed by atoms with Crippen LogP contribution in [0.3, 0.4) is 0 Å². The third-order valence-corrected chi connectivity index (χ3v) is 3.60. The first-order chi connectivity index (χ1) is 9.68. The Kier molecular flexibility index (Phi) is 4.98. The van der Waals surface area contributed by atoms with Gasteiger partial charge in [-0.3, -0.25) is 9.69 Å². The quantitative estimate of drug-likeness (QED) is 0.590.